The average molecular weight is 337 g/mol. The van der Waals surface area contributed by atoms with Gasteiger partial charge in [-0.1, -0.05) is 23.8 Å². The van der Waals surface area contributed by atoms with Gasteiger partial charge in [-0.25, -0.2) is 12.7 Å². The highest BCUT2D eigenvalue weighted by Crippen LogP contribution is 2.25. The van der Waals surface area contributed by atoms with Crippen molar-refractivity contribution in [2.24, 2.45) is 5.92 Å². The Bertz CT molecular complexity index is 721. The standard InChI is InChI=1S/C16H19NO5S/c1-3-22-16(19)11-13-8-9-17(15(18)10-13)23(20,21)14-6-4-12(2)5-7-14/h4-9,13H,3,10-11H2,1-2H3. The van der Waals surface area contributed by atoms with Gasteiger partial charge in [0.1, 0.15) is 0 Å². The Balaban J connectivity index is 2.17. The molecule has 6 nitrogen and oxygen atoms in total. The van der Waals surface area contributed by atoms with Gasteiger partial charge in [0, 0.05) is 12.6 Å². The van der Waals surface area contributed by atoms with Crippen molar-refractivity contribution in [3.05, 3.63) is 42.1 Å². The van der Waals surface area contributed by atoms with Crippen LogP contribution in [-0.2, 0) is 24.3 Å². The number of carbonyl (C=O) groups excluding carboxylic acids is 2. The molecule has 0 N–H and O–H groups in total. The molecule has 1 heterocycles. The van der Waals surface area contributed by atoms with Crippen LogP contribution in [0.3, 0.4) is 0 Å². The molecule has 1 aliphatic rings. The van der Waals surface area contributed by atoms with Crippen LogP contribution in [0.15, 0.2) is 41.4 Å². The van der Waals surface area contributed by atoms with E-state index in [1.165, 1.54) is 18.3 Å². The maximum absolute atomic E-state index is 12.5. The lowest BCUT2D eigenvalue weighted by Crippen LogP contribution is -2.36. The van der Waals surface area contributed by atoms with Gasteiger partial charge >= 0.3 is 5.97 Å². The van der Waals surface area contributed by atoms with E-state index in [1.54, 1.807) is 25.1 Å². The summed E-state index contributed by atoms with van der Waals surface area (Å²) in [6.45, 7) is 3.83. The van der Waals surface area contributed by atoms with Crippen LogP contribution in [0.1, 0.15) is 25.3 Å². The molecule has 23 heavy (non-hydrogen) atoms. The van der Waals surface area contributed by atoms with Crippen LogP contribution < -0.4 is 0 Å². The van der Waals surface area contributed by atoms with Crippen LogP contribution in [-0.4, -0.2) is 31.2 Å². The van der Waals surface area contributed by atoms with Crippen molar-refractivity contribution in [2.75, 3.05) is 6.61 Å². The van der Waals surface area contributed by atoms with Gasteiger partial charge in [-0.3, -0.25) is 9.59 Å². The number of carbonyl (C=O) groups is 2. The van der Waals surface area contributed by atoms with Gasteiger partial charge in [0.25, 0.3) is 10.0 Å². The number of esters is 1. The van der Waals surface area contributed by atoms with Gasteiger partial charge in [-0.2, -0.15) is 0 Å². The quantitative estimate of drug-likeness (QED) is 0.768. The van der Waals surface area contributed by atoms with Gasteiger partial charge < -0.3 is 4.74 Å². The predicted molar refractivity (Wildman–Crippen MR) is 83.7 cm³/mol. The lowest BCUT2D eigenvalue weighted by atomic mass is 9.99. The van der Waals surface area contributed by atoms with E-state index in [9.17, 15) is 18.0 Å². The molecule has 1 aromatic rings. The van der Waals surface area contributed by atoms with Crippen molar-refractivity contribution in [3.8, 4) is 0 Å². The molecule has 1 aliphatic heterocycles. The average Bonchev–Trinajstić information content (AvgIpc) is 2.47. The van der Waals surface area contributed by atoms with Crippen LogP contribution in [0, 0.1) is 12.8 Å². The summed E-state index contributed by atoms with van der Waals surface area (Å²) in [5, 5.41) is 0. The summed E-state index contributed by atoms with van der Waals surface area (Å²) >= 11 is 0. The second kappa shape index (κ2) is 6.95. The first-order valence-corrected chi connectivity index (χ1v) is 8.76. The Labute approximate surface area is 135 Å². The lowest BCUT2D eigenvalue weighted by molar-refractivity contribution is -0.144. The van der Waals surface area contributed by atoms with E-state index in [-0.39, 0.29) is 30.3 Å². The Kier molecular flexibility index (Phi) is 5.20. The number of hydrogen-bond acceptors (Lipinski definition) is 5. The molecule has 1 amide bonds. The molecule has 0 aliphatic carbocycles. The molecular weight excluding hydrogens is 318 g/mol. The predicted octanol–water partition coefficient (Wildman–Crippen LogP) is 2.00. The first-order chi connectivity index (χ1) is 10.8. The molecule has 0 fully saturated rings. The van der Waals surface area contributed by atoms with Crippen LogP contribution in [0.25, 0.3) is 0 Å². The molecule has 0 aromatic heterocycles. The molecule has 124 valence electrons. The minimum absolute atomic E-state index is 0.0413. The van der Waals surface area contributed by atoms with E-state index in [2.05, 4.69) is 0 Å². The molecular formula is C16H19NO5S. The fourth-order valence-electron chi connectivity index (χ4n) is 2.28. The number of amides is 1. The highest BCUT2D eigenvalue weighted by molar-refractivity contribution is 7.89. The van der Waals surface area contributed by atoms with Gasteiger partial charge in [0.2, 0.25) is 5.91 Å². The van der Waals surface area contributed by atoms with Gasteiger partial charge in [0.05, 0.1) is 17.9 Å². The van der Waals surface area contributed by atoms with Crippen molar-refractivity contribution in [1.29, 1.82) is 0 Å². The maximum atomic E-state index is 12.5. The van der Waals surface area contributed by atoms with E-state index in [0.717, 1.165) is 9.87 Å². The third-order valence-electron chi connectivity index (χ3n) is 3.49. The lowest BCUT2D eigenvalue weighted by Gasteiger charge is -2.25. The van der Waals surface area contributed by atoms with Crippen molar-refractivity contribution in [3.63, 3.8) is 0 Å². The third-order valence-corrected chi connectivity index (χ3v) is 5.20. The first kappa shape index (κ1) is 17.2. The van der Waals surface area contributed by atoms with E-state index in [1.807, 2.05) is 6.92 Å². The SMILES string of the molecule is CCOC(=O)CC1C=CN(S(=O)(=O)c2ccc(C)cc2)C(=O)C1. The first-order valence-electron chi connectivity index (χ1n) is 7.32. The molecule has 1 aromatic carbocycles. The topological polar surface area (TPSA) is 80.8 Å². The molecule has 0 spiro atoms. The number of aryl methyl sites for hydroxylation is 1. The molecule has 1 atom stereocenters. The zero-order chi connectivity index (χ0) is 17.0. The molecule has 0 radical (unpaired) electrons. The number of hydrogen-bond donors (Lipinski definition) is 0. The summed E-state index contributed by atoms with van der Waals surface area (Å²) in [5.74, 6) is -1.29. The highest BCUT2D eigenvalue weighted by Gasteiger charge is 2.32. The largest absolute Gasteiger partial charge is 0.466 e. The molecule has 0 bridgehead atoms. The Morgan fingerprint density at radius 1 is 1.30 bits per heavy atom. The molecule has 1 unspecified atom stereocenters. The molecule has 0 saturated heterocycles. The molecule has 7 heteroatoms. The van der Waals surface area contributed by atoms with Crippen LogP contribution in [0.4, 0.5) is 0 Å². The Morgan fingerprint density at radius 3 is 2.52 bits per heavy atom. The van der Waals surface area contributed by atoms with Gasteiger partial charge in [-0.15, -0.1) is 0 Å². The van der Waals surface area contributed by atoms with E-state index < -0.39 is 21.9 Å². The summed E-state index contributed by atoms with van der Waals surface area (Å²) in [4.78, 5) is 23.7. The molecule has 2 rings (SSSR count). The van der Waals surface area contributed by atoms with E-state index in [4.69, 9.17) is 4.74 Å². The van der Waals surface area contributed by atoms with Crippen molar-refractivity contribution in [2.45, 2.75) is 31.6 Å². The van der Waals surface area contributed by atoms with E-state index in [0.29, 0.717) is 0 Å². The number of rotatable bonds is 5. The summed E-state index contributed by atoms with van der Waals surface area (Å²) in [6.07, 6.45) is 2.81. The Morgan fingerprint density at radius 2 is 1.96 bits per heavy atom. The number of benzene rings is 1. The van der Waals surface area contributed by atoms with Crippen molar-refractivity contribution in [1.82, 2.24) is 4.31 Å². The van der Waals surface area contributed by atoms with Crippen molar-refractivity contribution < 1.29 is 22.7 Å². The minimum atomic E-state index is -3.91. The van der Waals surface area contributed by atoms with Crippen LogP contribution >= 0.6 is 0 Å². The smallest absolute Gasteiger partial charge is 0.306 e. The number of allylic oxidation sites excluding steroid dienone is 1. The maximum Gasteiger partial charge on any atom is 0.306 e. The molecule has 0 saturated carbocycles. The summed E-state index contributed by atoms with van der Waals surface area (Å²) in [5.41, 5.74) is 0.930. The fourth-order valence-corrected chi connectivity index (χ4v) is 3.56. The third kappa shape index (κ3) is 3.98. The van der Waals surface area contributed by atoms with Crippen LogP contribution in [0.2, 0.25) is 0 Å². The monoisotopic (exact) mass is 337 g/mol. The minimum Gasteiger partial charge on any atom is -0.466 e. The van der Waals surface area contributed by atoms with Crippen molar-refractivity contribution >= 4 is 21.9 Å². The number of sulfonamides is 1. The van der Waals surface area contributed by atoms with Gasteiger partial charge in [0.15, 0.2) is 0 Å². The van der Waals surface area contributed by atoms with E-state index >= 15 is 0 Å². The highest BCUT2D eigenvalue weighted by atomic mass is 32.2. The second-order valence-electron chi connectivity index (χ2n) is 5.32. The zero-order valence-electron chi connectivity index (χ0n) is 13.1. The number of ether oxygens (including phenoxy) is 1. The zero-order valence-corrected chi connectivity index (χ0v) is 13.9. The Hall–Kier alpha value is -2.15. The number of nitrogens with zero attached hydrogens (tertiary/aromatic N) is 1. The second-order valence-corrected chi connectivity index (χ2v) is 7.14. The fraction of sp³-hybridized carbons (Fsp3) is 0.375. The summed E-state index contributed by atoms with van der Waals surface area (Å²) < 4.78 is 30.6. The van der Waals surface area contributed by atoms with Crippen LogP contribution in [0.5, 0.6) is 0 Å². The van der Waals surface area contributed by atoms with Gasteiger partial charge in [-0.05, 0) is 31.9 Å². The summed E-state index contributed by atoms with van der Waals surface area (Å²) in [7, 11) is -3.91. The summed E-state index contributed by atoms with van der Waals surface area (Å²) in [6, 6.07) is 6.29. The normalized spacial score (nSPS) is 18.1.